The lowest BCUT2D eigenvalue weighted by Gasteiger charge is -2.31. The minimum absolute atomic E-state index is 0.112. The highest BCUT2D eigenvalue weighted by Gasteiger charge is 2.24. The van der Waals surface area contributed by atoms with E-state index in [9.17, 15) is 31.5 Å². The number of aromatic amines is 1. The molecule has 14 heteroatoms. The number of nitrogens with one attached hydrogen (secondary N) is 2. The van der Waals surface area contributed by atoms with Crippen LogP contribution in [0.2, 0.25) is 0 Å². The van der Waals surface area contributed by atoms with Crippen LogP contribution >= 0.6 is 0 Å². The van der Waals surface area contributed by atoms with E-state index in [0.717, 1.165) is 44.1 Å². The van der Waals surface area contributed by atoms with Gasteiger partial charge in [-0.3, -0.25) is 9.48 Å². The van der Waals surface area contributed by atoms with E-state index in [4.69, 9.17) is 0 Å². The fourth-order valence-corrected chi connectivity index (χ4v) is 6.95. The van der Waals surface area contributed by atoms with Gasteiger partial charge in [0.2, 0.25) is 10.0 Å². The second-order valence-electron chi connectivity index (χ2n) is 11.4. The van der Waals surface area contributed by atoms with Crippen LogP contribution in [-0.2, 0) is 16.6 Å². The van der Waals surface area contributed by atoms with Gasteiger partial charge in [0, 0.05) is 48.6 Å². The number of phenols is 1. The number of fused-ring (bicyclic) bond motifs is 1. The highest BCUT2D eigenvalue weighted by atomic mass is 32.2. The van der Waals surface area contributed by atoms with Crippen LogP contribution in [0, 0.1) is 23.4 Å². The van der Waals surface area contributed by atoms with Gasteiger partial charge in [-0.15, -0.1) is 5.10 Å². The number of aromatic nitrogens is 4. The Morgan fingerprint density at radius 3 is 2.54 bits per heavy atom. The Morgan fingerprint density at radius 1 is 1.04 bits per heavy atom. The SMILES string of the molecule is CC(=O)c1[nH]c2ccc(F)cc2c1-c1cn(CC2CCN(CCNS(=O)(=O)c3ccc(-c4c(O)cccc4F)c(F)c3)CC2)nn1. The number of carbonyl (C=O) groups is 1. The summed E-state index contributed by atoms with van der Waals surface area (Å²) >= 11 is 0. The fraction of sp³-hybridized carbons (Fsp3) is 0.281. The summed E-state index contributed by atoms with van der Waals surface area (Å²) in [4.78, 5) is 17.2. The van der Waals surface area contributed by atoms with Crippen molar-refractivity contribution in [3.8, 4) is 28.1 Å². The van der Waals surface area contributed by atoms with Crippen molar-refractivity contribution in [3.63, 3.8) is 0 Å². The number of hydrogen-bond donors (Lipinski definition) is 3. The topological polar surface area (TPSA) is 133 Å². The first kappa shape index (κ1) is 31.5. The van der Waals surface area contributed by atoms with E-state index < -0.39 is 33.2 Å². The van der Waals surface area contributed by atoms with Crippen LogP contribution in [0.5, 0.6) is 5.75 Å². The normalized spacial score (nSPS) is 14.7. The summed E-state index contributed by atoms with van der Waals surface area (Å²) in [5.41, 5.74) is 1.41. The standard InChI is InChI=1S/C32H31F3N6O4S/c1-19(42)32-31(24-15-21(33)5-8-27(24)37-32)28-18-41(39-38-28)17-20-9-12-40(13-10-20)14-11-36-46(44,45)22-6-7-23(26(35)16-22)30-25(34)3-2-4-29(30)43/h2-8,15-16,18,20,36-37,43H,9-14,17H2,1H3. The van der Waals surface area contributed by atoms with E-state index in [2.05, 4.69) is 24.9 Å². The summed E-state index contributed by atoms with van der Waals surface area (Å²) in [6.07, 6.45) is 3.44. The zero-order valence-corrected chi connectivity index (χ0v) is 25.6. The number of benzene rings is 3. The predicted octanol–water partition coefficient (Wildman–Crippen LogP) is 5.11. The molecule has 2 aromatic heterocycles. The van der Waals surface area contributed by atoms with Crippen LogP contribution in [-0.4, -0.2) is 70.4 Å². The first-order valence-electron chi connectivity index (χ1n) is 14.7. The molecule has 0 bridgehead atoms. The number of hydrogen-bond acceptors (Lipinski definition) is 7. The molecule has 1 fully saturated rings. The first-order valence-corrected chi connectivity index (χ1v) is 16.2. The molecule has 240 valence electrons. The summed E-state index contributed by atoms with van der Waals surface area (Å²) in [6.45, 7) is 4.08. The van der Waals surface area contributed by atoms with Gasteiger partial charge in [-0.2, -0.15) is 0 Å². The van der Waals surface area contributed by atoms with Crippen molar-refractivity contribution in [2.24, 2.45) is 5.92 Å². The molecule has 1 aliphatic heterocycles. The largest absolute Gasteiger partial charge is 0.507 e. The summed E-state index contributed by atoms with van der Waals surface area (Å²) in [6, 6.07) is 11.0. The molecule has 0 atom stereocenters. The number of piperidine rings is 1. The average molecular weight is 653 g/mol. The van der Waals surface area contributed by atoms with Crippen molar-refractivity contribution < 1.29 is 31.5 Å². The number of likely N-dealkylation sites (tertiary alicyclic amines) is 1. The monoisotopic (exact) mass is 652 g/mol. The number of phenolic OH excluding ortho intramolecular Hbond substituents is 1. The Hall–Kier alpha value is -4.53. The van der Waals surface area contributed by atoms with E-state index in [0.29, 0.717) is 46.9 Å². The van der Waals surface area contributed by atoms with E-state index in [1.165, 1.54) is 37.3 Å². The molecule has 1 saturated heterocycles. The molecular weight excluding hydrogens is 621 g/mol. The van der Waals surface area contributed by atoms with Crippen molar-refractivity contribution in [3.05, 3.63) is 83.9 Å². The maximum atomic E-state index is 14.8. The number of H-pyrrole nitrogens is 1. The summed E-state index contributed by atoms with van der Waals surface area (Å²) < 4.78 is 72.9. The third-order valence-corrected chi connectivity index (χ3v) is 9.75. The molecule has 0 aliphatic carbocycles. The number of carbonyl (C=O) groups excluding carboxylic acids is 1. The number of nitrogens with zero attached hydrogens (tertiary/aromatic N) is 4. The van der Waals surface area contributed by atoms with E-state index >= 15 is 0 Å². The summed E-state index contributed by atoms with van der Waals surface area (Å²) in [5.74, 6) is -2.56. The number of aromatic hydroxyl groups is 1. The molecule has 3 N–H and O–H groups in total. The van der Waals surface area contributed by atoms with Gasteiger partial charge in [-0.05, 0) is 80.4 Å². The Labute approximate surface area is 262 Å². The quantitative estimate of drug-likeness (QED) is 0.179. The third-order valence-electron chi connectivity index (χ3n) is 8.29. The highest BCUT2D eigenvalue weighted by Crippen LogP contribution is 2.35. The maximum Gasteiger partial charge on any atom is 0.240 e. The number of ketones is 1. The molecule has 0 spiro atoms. The first-order chi connectivity index (χ1) is 22.0. The molecule has 5 aromatic rings. The minimum atomic E-state index is -4.03. The minimum Gasteiger partial charge on any atom is -0.507 e. The molecule has 0 amide bonds. The molecule has 0 radical (unpaired) electrons. The van der Waals surface area contributed by atoms with Crippen LogP contribution in [0.4, 0.5) is 13.2 Å². The van der Waals surface area contributed by atoms with Gasteiger partial charge in [0.25, 0.3) is 0 Å². The Kier molecular flexibility index (Phi) is 8.68. The van der Waals surface area contributed by atoms with Crippen LogP contribution in [0.3, 0.4) is 0 Å². The molecular formula is C32H31F3N6O4S. The molecule has 0 unspecified atom stereocenters. The van der Waals surface area contributed by atoms with Gasteiger partial charge in [0.15, 0.2) is 5.78 Å². The lowest BCUT2D eigenvalue weighted by molar-refractivity contribution is 0.101. The van der Waals surface area contributed by atoms with Gasteiger partial charge in [0.1, 0.15) is 28.9 Å². The molecule has 46 heavy (non-hydrogen) atoms. The zero-order chi connectivity index (χ0) is 32.6. The van der Waals surface area contributed by atoms with Gasteiger partial charge < -0.3 is 15.0 Å². The van der Waals surface area contributed by atoms with Crippen molar-refractivity contribution in [2.75, 3.05) is 26.2 Å². The van der Waals surface area contributed by atoms with Crippen LogP contribution in [0.25, 0.3) is 33.3 Å². The Morgan fingerprint density at radius 2 is 1.83 bits per heavy atom. The van der Waals surface area contributed by atoms with Crippen LogP contribution in [0.15, 0.2) is 65.7 Å². The Balaban J connectivity index is 1.02. The lowest BCUT2D eigenvalue weighted by Crippen LogP contribution is -2.40. The second kappa shape index (κ2) is 12.7. The predicted molar refractivity (Wildman–Crippen MR) is 165 cm³/mol. The van der Waals surface area contributed by atoms with Gasteiger partial charge in [0.05, 0.1) is 22.3 Å². The number of Topliss-reactive ketones (excluding diaryl/α,β-unsaturated/α-hetero) is 1. The third kappa shape index (κ3) is 6.41. The van der Waals surface area contributed by atoms with E-state index in [-0.39, 0.29) is 28.4 Å². The van der Waals surface area contributed by atoms with Crippen molar-refractivity contribution >= 4 is 26.7 Å². The molecule has 10 nitrogen and oxygen atoms in total. The molecule has 1 aliphatic rings. The fourth-order valence-electron chi connectivity index (χ4n) is 5.92. The molecule has 0 saturated carbocycles. The average Bonchev–Trinajstić information content (AvgIpc) is 3.62. The Bertz CT molecular complexity index is 2020. The smallest absolute Gasteiger partial charge is 0.240 e. The number of sulfonamides is 1. The molecule has 3 heterocycles. The number of halogens is 3. The van der Waals surface area contributed by atoms with Crippen molar-refractivity contribution in [2.45, 2.75) is 31.2 Å². The maximum absolute atomic E-state index is 14.8. The van der Waals surface area contributed by atoms with Crippen LogP contribution < -0.4 is 4.72 Å². The van der Waals surface area contributed by atoms with Gasteiger partial charge in [-0.25, -0.2) is 26.3 Å². The zero-order valence-electron chi connectivity index (χ0n) is 24.8. The van der Waals surface area contributed by atoms with E-state index in [1.807, 2.05) is 0 Å². The summed E-state index contributed by atoms with van der Waals surface area (Å²) in [7, 11) is -4.03. The second-order valence-corrected chi connectivity index (χ2v) is 13.2. The van der Waals surface area contributed by atoms with Crippen molar-refractivity contribution in [1.29, 1.82) is 0 Å². The lowest BCUT2D eigenvalue weighted by atomic mass is 9.97. The van der Waals surface area contributed by atoms with Crippen molar-refractivity contribution in [1.82, 2.24) is 29.6 Å². The molecule has 3 aromatic carbocycles. The van der Waals surface area contributed by atoms with E-state index in [1.54, 1.807) is 16.9 Å². The number of rotatable bonds is 10. The van der Waals surface area contributed by atoms with Crippen LogP contribution in [0.1, 0.15) is 30.3 Å². The highest BCUT2D eigenvalue weighted by molar-refractivity contribution is 7.89. The van der Waals surface area contributed by atoms with Gasteiger partial charge >= 0.3 is 0 Å². The molecule has 6 rings (SSSR count). The summed E-state index contributed by atoms with van der Waals surface area (Å²) in [5, 5.41) is 19.1. The van der Waals surface area contributed by atoms with Gasteiger partial charge in [-0.1, -0.05) is 11.3 Å².